The Morgan fingerprint density at radius 2 is 1.34 bits per heavy atom. The van der Waals surface area contributed by atoms with Crippen LogP contribution in [0.5, 0.6) is 5.75 Å². The number of carbonyl (C=O) groups is 2. The van der Waals surface area contributed by atoms with E-state index < -0.39 is 16.0 Å². The second-order valence-electron chi connectivity index (χ2n) is 13.0. The molecule has 2 aromatic rings. The van der Waals surface area contributed by atoms with Crippen molar-refractivity contribution in [1.82, 2.24) is 4.90 Å². The highest BCUT2D eigenvalue weighted by molar-refractivity contribution is 7.87. The summed E-state index contributed by atoms with van der Waals surface area (Å²) in [5.74, 6) is -0.195. The number of methoxy groups -OCH3 is 1. The van der Waals surface area contributed by atoms with Crippen molar-refractivity contribution in [2.24, 2.45) is 10.8 Å². The van der Waals surface area contributed by atoms with Crippen LogP contribution in [0.25, 0.3) is 0 Å². The summed E-state index contributed by atoms with van der Waals surface area (Å²) in [6, 6.07) is 14.8. The molecule has 5 rings (SSSR count). The number of carbonyl (C=O) groups excluding carboxylic acids is 2. The second-order valence-corrected chi connectivity index (χ2v) is 14.5. The fourth-order valence-corrected chi connectivity index (χ4v) is 7.45. The van der Waals surface area contributed by atoms with Gasteiger partial charge in [-0.2, -0.15) is 8.42 Å². The molecule has 8 heteroatoms. The minimum Gasteiger partial charge on any atom is -0.385 e. The number of rotatable bonds is 8. The molecule has 0 bridgehead atoms. The van der Waals surface area contributed by atoms with E-state index in [1.165, 1.54) is 12.1 Å². The van der Waals surface area contributed by atoms with Gasteiger partial charge in [0.1, 0.15) is 10.6 Å². The van der Waals surface area contributed by atoms with E-state index in [0.717, 1.165) is 36.2 Å². The summed E-state index contributed by atoms with van der Waals surface area (Å²) in [7, 11) is -2.31. The summed E-state index contributed by atoms with van der Waals surface area (Å²) in [5.41, 5.74) is 3.78. The van der Waals surface area contributed by atoms with Crippen LogP contribution < -0.4 is 4.18 Å². The highest BCUT2D eigenvalue weighted by Gasteiger charge is 2.48. The molecule has 0 atom stereocenters. The Kier molecular flexibility index (Phi) is 7.76. The quantitative estimate of drug-likeness (QED) is 0.274. The predicted octanol–water partition coefficient (Wildman–Crippen LogP) is 6.18. The SMILES string of the molecule is COCCCN1C2=C(C(=O)CC(C)(C)C2)C(c2ccc(OS(=O)(=O)c3ccccc3)cc2)C2=C1CC(C)(C)CC2=O. The van der Waals surface area contributed by atoms with E-state index in [2.05, 4.69) is 32.6 Å². The molecule has 0 spiro atoms. The van der Waals surface area contributed by atoms with Crippen LogP contribution in [0.4, 0.5) is 0 Å². The molecular weight excluding hydrogens is 538 g/mol. The maximum Gasteiger partial charge on any atom is 0.339 e. The number of benzene rings is 2. The summed E-state index contributed by atoms with van der Waals surface area (Å²) >= 11 is 0. The molecule has 1 heterocycles. The molecular formula is C33H39NO6S. The van der Waals surface area contributed by atoms with Gasteiger partial charge in [-0.05, 0) is 59.9 Å². The van der Waals surface area contributed by atoms with E-state index in [0.29, 0.717) is 37.1 Å². The first-order chi connectivity index (χ1) is 19.3. The first kappa shape index (κ1) is 29.3. The summed E-state index contributed by atoms with van der Waals surface area (Å²) in [6.07, 6.45) is 3.07. The van der Waals surface area contributed by atoms with Crippen LogP contribution in [0.15, 0.2) is 82.0 Å². The smallest absolute Gasteiger partial charge is 0.339 e. The zero-order chi connectivity index (χ0) is 29.6. The minimum absolute atomic E-state index is 0.0640. The maximum absolute atomic E-state index is 13.9. The lowest BCUT2D eigenvalue weighted by molar-refractivity contribution is -0.119. The van der Waals surface area contributed by atoms with Crippen LogP contribution in [0.1, 0.15) is 71.3 Å². The number of hydrogen-bond acceptors (Lipinski definition) is 7. The molecule has 0 unspecified atom stereocenters. The van der Waals surface area contributed by atoms with Gasteiger partial charge in [0, 0.05) is 61.6 Å². The Morgan fingerprint density at radius 1 is 0.805 bits per heavy atom. The monoisotopic (exact) mass is 577 g/mol. The summed E-state index contributed by atoms with van der Waals surface area (Å²) in [6.45, 7) is 9.75. The van der Waals surface area contributed by atoms with E-state index in [1.54, 1.807) is 49.6 Å². The molecule has 2 aliphatic carbocycles. The van der Waals surface area contributed by atoms with Gasteiger partial charge < -0.3 is 13.8 Å². The van der Waals surface area contributed by atoms with Crippen LogP contribution in [0.3, 0.4) is 0 Å². The van der Waals surface area contributed by atoms with Crippen molar-refractivity contribution < 1.29 is 26.9 Å². The number of allylic oxidation sites excluding steroid dienone is 4. The van der Waals surface area contributed by atoms with Crippen molar-refractivity contribution in [1.29, 1.82) is 0 Å². The molecule has 0 amide bonds. The normalized spacial score (nSPS) is 20.7. The van der Waals surface area contributed by atoms with Gasteiger partial charge in [0.05, 0.1) is 0 Å². The lowest BCUT2D eigenvalue weighted by Gasteiger charge is -2.49. The summed E-state index contributed by atoms with van der Waals surface area (Å²) in [5, 5.41) is 0. The third kappa shape index (κ3) is 5.90. The zero-order valence-corrected chi connectivity index (χ0v) is 25.3. The van der Waals surface area contributed by atoms with Gasteiger partial charge in [-0.3, -0.25) is 9.59 Å². The van der Waals surface area contributed by atoms with Crippen LogP contribution in [0, 0.1) is 10.8 Å². The third-order valence-electron chi connectivity index (χ3n) is 8.20. The molecule has 0 radical (unpaired) electrons. The maximum atomic E-state index is 13.9. The highest BCUT2D eigenvalue weighted by Crippen LogP contribution is 2.54. The second kappa shape index (κ2) is 10.9. The van der Waals surface area contributed by atoms with Gasteiger partial charge in [-0.15, -0.1) is 0 Å². The topological polar surface area (TPSA) is 90.0 Å². The molecule has 0 saturated carbocycles. The molecule has 218 valence electrons. The standard InChI is InChI=1S/C33H39NO6S/c1-32(2)18-25-30(27(35)20-32)29(31-26(34(25)16-9-17-39-5)19-33(3,4)21-28(31)36)22-12-14-23(15-13-22)40-41(37,38)24-10-7-6-8-11-24/h6-8,10-15,29H,9,16-21H2,1-5H3. The van der Waals surface area contributed by atoms with Gasteiger partial charge in [0.15, 0.2) is 11.6 Å². The van der Waals surface area contributed by atoms with Gasteiger partial charge in [-0.25, -0.2) is 0 Å². The molecule has 0 fully saturated rings. The van der Waals surface area contributed by atoms with Crippen molar-refractivity contribution >= 4 is 21.7 Å². The average molecular weight is 578 g/mol. The number of ketones is 2. The van der Waals surface area contributed by atoms with E-state index in [4.69, 9.17) is 8.92 Å². The first-order valence-corrected chi connectivity index (χ1v) is 15.6. The summed E-state index contributed by atoms with van der Waals surface area (Å²) in [4.78, 5) is 30.1. The number of nitrogens with zero attached hydrogens (tertiary/aromatic N) is 1. The van der Waals surface area contributed by atoms with E-state index >= 15 is 0 Å². The fraction of sp³-hybridized carbons (Fsp3) is 0.455. The van der Waals surface area contributed by atoms with E-state index in [-0.39, 0.29) is 33.0 Å². The van der Waals surface area contributed by atoms with Crippen molar-refractivity contribution in [3.05, 3.63) is 82.7 Å². The number of Topliss-reactive ketones (excluding diaryl/α,β-unsaturated/α-hetero) is 2. The Hall–Kier alpha value is -3.23. The van der Waals surface area contributed by atoms with Gasteiger partial charge in [0.25, 0.3) is 0 Å². The number of ether oxygens (including phenoxy) is 1. The first-order valence-electron chi connectivity index (χ1n) is 14.2. The Balaban J connectivity index is 1.59. The Bertz CT molecular complexity index is 1460. The molecule has 0 saturated heterocycles. The van der Waals surface area contributed by atoms with Gasteiger partial charge >= 0.3 is 10.1 Å². The molecule has 2 aromatic carbocycles. The van der Waals surface area contributed by atoms with E-state index in [1.807, 2.05) is 0 Å². The summed E-state index contributed by atoms with van der Waals surface area (Å²) < 4.78 is 36.3. The minimum atomic E-state index is -3.99. The lowest BCUT2D eigenvalue weighted by Crippen LogP contribution is -2.44. The van der Waals surface area contributed by atoms with Crippen molar-refractivity contribution in [3.8, 4) is 5.75 Å². The van der Waals surface area contributed by atoms with Crippen LogP contribution in [-0.2, 0) is 24.4 Å². The third-order valence-corrected chi connectivity index (χ3v) is 9.46. The largest absolute Gasteiger partial charge is 0.385 e. The average Bonchev–Trinajstić information content (AvgIpc) is 2.88. The van der Waals surface area contributed by atoms with Crippen molar-refractivity contribution in [2.45, 2.75) is 70.6 Å². The molecule has 41 heavy (non-hydrogen) atoms. The molecule has 3 aliphatic rings. The van der Waals surface area contributed by atoms with Crippen LogP contribution in [-0.4, -0.2) is 45.1 Å². The predicted molar refractivity (Wildman–Crippen MR) is 157 cm³/mol. The van der Waals surface area contributed by atoms with Crippen LogP contribution >= 0.6 is 0 Å². The van der Waals surface area contributed by atoms with Crippen molar-refractivity contribution in [2.75, 3.05) is 20.3 Å². The molecule has 0 aromatic heterocycles. The fourth-order valence-electron chi connectivity index (χ4n) is 6.50. The van der Waals surface area contributed by atoms with Gasteiger partial charge in [0.2, 0.25) is 0 Å². The molecule has 1 aliphatic heterocycles. The van der Waals surface area contributed by atoms with Gasteiger partial charge in [-0.1, -0.05) is 58.0 Å². The van der Waals surface area contributed by atoms with E-state index in [9.17, 15) is 18.0 Å². The Labute approximate surface area is 243 Å². The zero-order valence-electron chi connectivity index (χ0n) is 24.5. The molecule has 7 nitrogen and oxygen atoms in total. The van der Waals surface area contributed by atoms with Crippen LogP contribution in [0.2, 0.25) is 0 Å². The molecule has 0 N–H and O–H groups in total. The number of hydrogen-bond donors (Lipinski definition) is 0. The van der Waals surface area contributed by atoms with Crippen molar-refractivity contribution in [3.63, 3.8) is 0 Å². The Morgan fingerprint density at radius 3 is 1.85 bits per heavy atom. The highest BCUT2D eigenvalue weighted by atomic mass is 32.2. The lowest BCUT2D eigenvalue weighted by atomic mass is 9.63.